The number of carbonyl (C=O) groups is 1. The summed E-state index contributed by atoms with van der Waals surface area (Å²) in [6.45, 7) is 8.28. The van der Waals surface area contributed by atoms with Crippen LogP contribution in [0.15, 0.2) is 41.4 Å². The third-order valence-corrected chi connectivity index (χ3v) is 4.68. The number of rotatable bonds is 8. The van der Waals surface area contributed by atoms with Gasteiger partial charge in [-0.15, -0.1) is 35.3 Å². The zero-order chi connectivity index (χ0) is 18.8. The van der Waals surface area contributed by atoms with E-state index in [1.54, 1.807) is 11.3 Å². The van der Waals surface area contributed by atoms with Gasteiger partial charge >= 0.3 is 0 Å². The molecule has 0 aliphatic carbocycles. The highest BCUT2D eigenvalue weighted by atomic mass is 127. The summed E-state index contributed by atoms with van der Waals surface area (Å²) in [6, 6.07) is 12.1. The Hall–Kier alpha value is -1.61. The van der Waals surface area contributed by atoms with Crippen molar-refractivity contribution >= 4 is 52.9 Å². The maximum Gasteiger partial charge on any atom is 0.224 e. The molecule has 2 aromatic rings. The number of aliphatic imine (C=N–C) groups is 1. The molecule has 0 radical (unpaired) electrons. The van der Waals surface area contributed by atoms with Gasteiger partial charge in [-0.3, -0.25) is 4.79 Å². The molecule has 0 bridgehead atoms. The van der Waals surface area contributed by atoms with Crippen molar-refractivity contribution in [1.82, 2.24) is 10.6 Å². The number of anilines is 1. The summed E-state index contributed by atoms with van der Waals surface area (Å²) >= 11 is 1.79. The largest absolute Gasteiger partial charge is 0.357 e. The maximum absolute atomic E-state index is 11.7. The molecule has 0 aliphatic heterocycles. The van der Waals surface area contributed by atoms with Gasteiger partial charge in [-0.25, -0.2) is 4.99 Å². The second kappa shape index (κ2) is 12.7. The minimum atomic E-state index is 0. The van der Waals surface area contributed by atoms with Gasteiger partial charge in [0.15, 0.2) is 5.96 Å². The molecule has 0 spiro atoms. The number of halogens is 1. The topological polar surface area (TPSA) is 65.5 Å². The molecule has 2 rings (SSSR count). The van der Waals surface area contributed by atoms with Crippen molar-refractivity contribution in [3.8, 4) is 0 Å². The first-order valence-corrected chi connectivity index (χ1v) is 9.88. The first-order valence-electron chi connectivity index (χ1n) is 9.07. The molecule has 0 fully saturated rings. The Labute approximate surface area is 183 Å². The van der Waals surface area contributed by atoms with Crippen molar-refractivity contribution in [3.63, 3.8) is 0 Å². The van der Waals surface area contributed by atoms with Gasteiger partial charge in [0.05, 0.1) is 13.1 Å². The highest BCUT2D eigenvalue weighted by Crippen LogP contribution is 2.15. The smallest absolute Gasteiger partial charge is 0.224 e. The fourth-order valence-electron chi connectivity index (χ4n) is 2.46. The quantitative estimate of drug-likeness (QED) is 0.281. The molecule has 1 aromatic carbocycles. The number of aryl methyl sites for hydroxylation is 1. The Balaban J connectivity index is 0.00000364. The van der Waals surface area contributed by atoms with Crippen molar-refractivity contribution in [1.29, 1.82) is 0 Å². The molecule has 5 nitrogen and oxygen atoms in total. The Kier molecular flexibility index (Phi) is 11.0. The fraction of sp³-hybridized carbons (Fsp3) is 0.400. The molecule has 7 heteroatoms. The minimum absolute atomic E-state index is 0. The number of amides is 1. The molecule has 0 unspecified atom stereocenters. The summed E-state index contributed by atoms with van der Waals surface area (Å²) in [6.07, 6.45) is 1.39. The minimum Gasteiger partial charge on any atom is -0.357 e. The van der Waals surface area contributed by atoms with Crippen LogP contribution in [0.3, 0.4) is 0 Å². The van der Waals surface area contributed by atoms with Crippen LogP contribution < -0.4 is 16.0 Å². The fourth-order valence-corrected chi connectivity index (χ4v) is 3.29. The van der Waals surface area contributed by atoms with Crippen molar-refractivity contribution in [3.05, 3.63) is 51.7 Å². The van der Waals surface area contributed by atoms with Crippen LogP contribution in [0.4, 0.5) is 5.69 Å². The van der Waals surface area contributed by atoms with E-state index in [9.17, 15) is 4.79 Å². The third-order valence-electron chi connectivity index (χ3n) is 3.68. The van der Waals surface area contributed by atoms with Crippen LogP contribution in [0.1, 0.15) is 42.0 Å². The first-order chi connectivity index (χ1) is 12.6. The lowest BCUT2D eigenvalue weighted by atomic mass is 10.2. The lowest BCUT2D eigenvalue weighted by Gasteiger charge is -2.11. The Bertz CT molecular complexity index is 745. The summed E-state index contributed by atoms with van der Waals surface area (Å²) < 4.78 is 0. The van der Waals surface area contributed by atoms with E-state index in [2.05, 4.69) is 46.9 Å². The van der Waals surface area contributed by atoms with E-state index in [-0.39, 0.29) is 29.9 Å². The van der Waals surface area contributed by atoms with Crippen molar-refractivity contribution in [2.75, 3.05) is 11.9 Å². The number of benzene rings is 1. The van der Waals surface area contributed by atoms with Gasteiger partial charge in [-0.2, -0.15) is 0 Å². The molecule has 148 valence electrons. The monoisotopic (exact) mass is 500 g/mol. The molecule has 3 N–H and O–H groups in total. The van der Waals surface area contributed by atoms with Gasteiger partial charge in [0.2, 0.25) is 5.91 Å². The average Bonchev–Trinajstić information content (AvgIpc) is 3.03. The molecule has 1 aromatic heterocycles. The van der Waals surface area contributed by atoms with Crippen molar-refractivity contribution in [2.45, 2.75) is 46.7 Å². The molecule has 0 aliphatic rings. The lowest BCUT2D eigenvalue weighted by Crippen LogP contribution is -2.36. The molecule has 0 saturated carbocycles. The zero-order valence-corrected chi connectivity index (χ0v) is 19.3. The zero-order valence-electron chi connectivity index (χ0n) is 16.2. The number of thiophene rings is 1. The van der Waals surface area contributed by atoms with Crippen LogP contribution in [0.2, 0.25) is 0 Å². The van der Waals surface area contributed by atoms with E-state index in [1.165, 1.54) is 9.75 Å². The van der Waals surface area contributed by atoms with E-state index in [4.69, 9.17) is 0 Å². The number of nitrogens with one attached hydrogen (secondary N) is 3. The first kappa shape index (κ1) is 23.4. The summed E-state index contributed by atoms with van der Waals surface area (Å²) in [5, 5.41) is 9.56. The second-order valence-corrected chi connectivity index (χ2v) is 7.43. The summed E-state index contributed by atoms with van der Waals surface area (Å²) in [7, 11) is 0. The molecule has 0 atom stereocenters. The number of hydrogen-bond acceptors (Lipinski definition) is 3. The predicted octanol–water partition coefficient (Wildman–Crippen LogP) is 4.67. The van der Waals surface area contributed by atoms with E-state index in [0.29, 0.717) is 13.0 Å². The molecular formula is C20H29IN4OS. The molecular weight excluding hydrogens is 471 g/mol. The van der Waals surface area contributed by atoms with Crippen LogP contribution in [-0.4, -0.2) is 18.4 Å². The van der Waals surface area contributed by atoms with Gasteiger partial charge < -0.3 is 16.0 Å². The predicted molar refractivity (Wildman–Crippen MR) is 126 cm³/mol. The Morgan fingerprint density at radius 2 is 1.96 bits per heavy atom. The average molecular weight is 500 g/mol. The van der Waals surface area contributed by atoms with Gasteiger partial charge in [0.25, 0.3) is 0 Å². The van der Waals surface area contributed by atoms with Gasteiger partial charge in [0, 0.05) is 28.4 Å². The van der Waals surface area contributed by atoms with E-state index >= 15 is 0 Å². The molecule has 1 amide bonds. The number of nitrogens with zero attached hydrogens (tertiary/aromatic N) is 1. The molecule has 1 heterocycles. The number of carbonyl (C=O) groups excluding carboxylic acids is 1. The van der Waals surface area contributed by atoms with Crippen LogP contribution in [0, 0.1) is 6.92 Å². The Morgan fingerprint density at radius 3 is 2.63 bits per heavy atom. The van der Waals surface area contributed by atoms with E-state index < -0.39 is 0 Å². The highest BCUT2D eigenvalue weighted by molar-refractivity contribution is 14.0. The third kappa shape index (κ3) is 8.75. The summed E-state index contributed by atoms with van der Waals surface area (Å²) in [5.74, 6) is 0.841. The van der Waals surface area contributed by atoms with Crippen LogP contribution >= 0.6 is 35.3 Å². The van der Waals surface area contributed by atoms with E-state index in [0.717, 1.165) is 36.7 Å². The number of hydrogen-bond donors (Lipinski definition) is 3. The van der Waals surface area contributed by atoms with Gasteiger partial charge in [-0.05, 0) is 50.1 Å². The highest BCUT2D eigenvalue weighted by Gasteiger charge is 2.03. The van der Waals surface area contributed by atoms with Gasteiger partial charge in [0.1, 0.15) is 0 Å². The number of guanidine groups is 1. The van der Waals surface area contributed by atoms with Crippen LogP contribution in [0.5, 0.6) is 0 Å². The molecule has 0 saturated heterocycles. The van der Waals surface area contributed by atoms with Gasteiger partial charge in [-0.1, -0.05) is 19.1 Å². The van der Waals surface area contributed by atoms with Crippen LogP contribution in [0.25, 0.3) is 0 Å². The second-order valence-electron chi connectivity index (χ2n) is 6.06. The normalized spacial score (nSPS) is 10.9. The van der Waals surface area contributed by atoms with E-state index in [1.807, 2.05) is 31.2 Å². The van der Waals surface area contributed by atoms with Crippen LogP contribution in [-0.2, 0) is 17.9 Å². The summed E-state index contributed by atoms with van der Waals surface area (Å²) in [5.41, 5.74) is 1.88. The summed E-state index contributed by atoms with van der Waals surface area (Å²) in [4.78, 5) is 19.0. The van der Waals surface area contributed by atoms with Crippen molar-refractivity contribution < 1.29 is 4.79 Å². The SMILES string of the molecule is CCCC(=O)Nc1cccc(CN=C(NCC)NCc2ccc(C)s2)c1.I. The lowest BCUT2D eigenvalue weighted by molar-refractivity contribution is -0.116. The Morgan fingerprint density at radius 1 is 1.15 bits per heavy atom. The standard InChI is InChI=1S/C20H28N4OS.HI/c1-4-7-19(25)24-17-9-6-8-16(12-17)13-22-20(21-5-2)23-14-18-11-10-15(3)26-18;/h6,8-12H,4-5,7,13-14H2,1-3H3,(H,24,25)(H2,21,22,23);1H. The van der Waals surface area contributed by atoms with Crippen molar-refractivity contribution in [2.24, 2.45) is 4.99 Å². The molecule has 27 heavy (non-hydrogen) atoms. The maximum atomic E-state index is 11.7.